The van der Waals surface area contributed by atoms with Crippen molar-refractivity contribution in [1.29, 1.82) is 0 Å². The minimum Gasteiger partial charge on any atom is -0.340 e. The molecule has 3 amide bonds. The molecule has 1 aromatic carbocycles. The van der Waals surface area contributed by atoms with E-state index < -0.39 is 0 Å². The maximum absolute atomic E-state index is 12.6. The summed E-state index contributed by atoms with van der Waals surface area (Å²) < 4.78 is 0. The molecule has 0 unspecified atom stereocenters. The van der Waals surface area contributed by atoms with Crippen LogP contribution in [0, 0.1) is 5.41 Å². The second-order valence-electron chi connectivity index (χ2n) is 8.53. The zero-order valence-electron chi connectivity index (χ0n) is 17.0. The predicted molar refractivity (Wildman–Crippen MR) is 109 cm³/mol. The van der Waals surface area contributed by atoms with E-state index in [4.69, 9.17) is 0 Å². The third kappa shape index (κ3) is 4.70. The molecule has 0 atom stereocenters. The number of nitrogens with one attached hydrogen (secondary N) is 1. The molecule has 28 heavy (non-hydrogen) atoms. The standard InChI is InChI=1S/C21H30N4O3/c1-21(2,3)20(28)24-13-11-23(12-14-24)15-18(26)22-16-7-4-5-8-17(16)25-10-6-9-19(25)27/h4-5,7-8H,6,9-15H2,1-3H3,(H,22,26). The van der Waals surface area contributed by atoms with Gasteiger partial charge in [0.05, 0.1) is 17.9 Å². The van der Waals surface area contributed by atoms with Crippen LogP contribution in [0.1, 0.15) is 33.6 Å². The fraction of sp³-hybridized carbons (Fsp3) is 0.571. The topological polar surface area (TPSA) is 73.0 Å². The number of hydrogen-bond donors (Lipinski definition) is 1. The van der Waals surface area contributed by atoms with Gasteiger partial charge in [0, 0.05) is 44.6 Å². The number of carbonyl (C=O) groups excluding carboxylic acids is 3. The molecule has 2 saturated heterocycles. The first-order valence-electron chi connectivity index (χ1n) is 9.97. The quantitative estimate of drug-likeness (QED) is 0.858. The Morgan fingerprint density at radius 2 is 1.71 bits per heavy atom. The van der Waals surface area contributed by atoms with Crippen LogP contribution in [0.15, 0.2) is 24.3 Å². The van der Waals surface area contributed by atoms with E-state index in [0.717, 1.165) is 12.1 Å². The summed E-state index contributed by atoms with van der Waals surface area (Å²) in [6.45, 7) is 9.40. The fourth-order valence-corrected chi connectivity index (χ4v) is 3.69. The van der Waals surface area contributed by atoms with Crippen molar-refractivity contribution >= 4 is 29.1 Å². The fourth-order valence-electron chi connectivity index (χ4n) is 3.69. The average Bonchev–Trinajstić information content (AvgIpc) is 3.07. The number of nitrogens with zero attached hydrogens (tertiary/aromatic N) is 3. The Morgan fingerprint density at radius 1 is 1.04 bits per heavy atom. The Balaban J connectivity index is 1.55. The van der Waals surface area contributed by atoms with Crippen molar-refractivity contribution in [2.24, 2.45) is 5.41 Å². The Bertz CT molecular complexity index is 748. The van der Waals surface area contributed by atoms with Crippen LogP contribution in [0.3, 0.4) is 0 Å². The molecule has 2 aliphatic rings. The zero-order valence-corrected chi connectivity index (χ0v) is 17.0. The first-order valence-corrected chi connectivity index (χ1v) is 9.97. The van der Waals surface area contributed by atoms with Crippen molar-refractivity contribution in [3.05, 3.63) is 24.3 Å². The summed E-state index contributed by atoms with van der Waals surface area (Å²) in [6.07, 6.45) is 1.40. The lowest BCUT2D eigenvalue weighted by Crippen LogP contribution is -2.52. The first kappa shape index (κ1) is 20.3. The predicted octanol–water partition coefficient (Wildman–Crippen LogP) is 1.94. The molecule has 152 valence electrons. The van der Waals surface area contributed by atoms with Crippen LogP contribution in [0.4, 0.5) is 11.4 Å². The molecule has 7 nitrogen and oxygen atoms in total. The van der Waals surface area contributed by atoms with E-state index in [9.17, 15) is 14.4 Å². The second kappa shape index (κ2) is 8.31. The number of anilines is 2. The summed E-state index contributed by atoms with van der Waals surface area (Å²) in [5, 5.41) is 2.96. The number of carbonyl (C=O) groups is 3. The number of hydrogen-bond acceptors (Lipinski definition) is 4. The minimum absolute atomic E-state index is 0.0985. The van der Waals surface area contributed by atoms with E-state index >= 15 is 0 Å². The maximum atomic E-state index is 12.6. The van der Waals surface area contributed by atoms with Gasteiger partial charge in [0.1, 0.15) is 0 Å². The highest BCUT2D eigenvalue weighted by Gasteiger charge is 2.30. The van der Waals surface area contributed by atoms with Gasteiger partial charge in [0.25, 0.3) is 0 Å². The Hall–Kier alpha value is -2.41. The molecule has 3 rings (SSSR count). The lowest BCUT2D eigenvalue weighted by atomic mass is 9.94. The smallest absolute Gasteiger partial charge is 0.238 e. The molecule has 0 aromatic heterocycles. The van der Waals surface area contributed by atoms with Gasteiger partial charge < -0.3 is 15.1 Å². The molecule has 0 aliphatic carbocycles. The summed E-state index contributed by atoms with van der Waals surface area (Å²) in [7, 11) is 0. The number of amides is 3. The lowest BCUT2D eigenvalue weighted by Gasteiger charge is -2.37. The van der Waals surface area contributed by atoms with Crippen LogP contribution in [0.5, 0.6) is 0 Å². The van der Waals surface area contributed by atoms with Crippen molar-refractivity contribution in [1.82, 2.24) is 9.80 Å². The van der Waals surface area contributed by atoms with E-state index in [-0.39, 0.29) is 29.7 Å². The van der Waals surface area contributed by atoms with Crippen molar-refractivity contribution in [2.45, 2.75) is 33.6 Å². The number of rotatable bonds is 4. The second-order valence-corrected chi connectivity index (χ2v) is 8.53. The summed E-state index contributed by atoms with van der Waals surface area (Å²) in [6, 6.07) is 7.44. The molecule has 2 aliphatic heterocycles. The van der Waals surface area contributed by atoms with Gasteiger partial charge >= 0.3 is 0 Å². The molecular formula is C21H30N4O3. The van der Waals surface area contributed by atoms with Gasteiger partial charge in [-0.05, 0) is 18.6 Å². The van der Waals surface area contributed by atoms with Crippen molar-refractivity contribution in [3.8, 4) is 0 Å². The highest BCUT2D eigenvalue weighted by molar-refractivity contribution is 6.02. The van der Waals surface area contributed by atoms with E-state index in [1.807, 2.05) is 49.9 Å². The van der Waals surface area contributed by atoms with E-state index in [2.05, 4.69) is 10.2 Å². The van der Waals surface area contributed by atoms with Crippen molar-refractivity contribution < 1.29 is 14.4 Å². The highest BCUT2D eigenvalue weighted by Crippen LogP contribution is 2.29. The molecule has 0 spiro atoms. The van der Waals surface area contributed by atoms with Gasteiger partial charge in [-0.2, -0.15) is 0 Å². The van der Waals surface area contributed by atoms with Crippen LogP contribution >= 0.6 is 0 Å². The van der Waals surface area contributed by atoms with E-state index in [1.165, 1.54) is 0 Å². The monoisotopic (exact) mass is 386 g/mol. The summed E-state index contributed by atoms with van der Waals surface area (Å²) in [5.41, 5.74) is 1.05. The van der Waals surface area contributed by atoms with Crippen LogP contribution in [-0.4, -0.2) is 66.8 Å². The van der Waals surface area contributed by atoms with Gasteiger partial charge in [0.15, 0.2) is 0 Å². The minimum atomic E-state index is -0.379. The van der Waals surface area contributed by atoms with E-state index in [1.54, 1.807) is 4.90 Å². The van der Waals surface area contributed by atoms with Gasteiger partial charge in [-0.1, -0.05) is 32.9 Å². The summed E-state index contributed by atoms with van der Waals surface area (Å²) >= 11 is 0. The van der Waals surface area contributed by atoms with Crippen molar-refractivity contribution in [2.75, 3.05) is 49.5 Å². The largest absolute Gasteiger partial charge is 0.340 e. The van der Waals surface area contributed by atoms with Gasteiger partial charge in [-0.3, -0.25) is 19.3 Å². The van der Waals surface area contributed by atoms with Gasteiger partial charge in [0.2, 0.25) is 17.7 Å². The Morgan fingerprint density at radius 3 is 2.32 bits per heavy atom. The molecular weight excluding hydrogens is 356 g/mol. The van der Waals surface area contributed by atoms with Crippen molar-refractivity contribution in [3.63, 3.8) is 0 Å². The molecule has 0 saturated carbocycles. The maximum Gasteiger partial charge on any atom is 0.238 e. The Kier molecular flexibility index (Phi) is 6.03. The normalized spacial score (nSPS) is 18.5. The SMILES string of the molecule is CC(C)(C)C(=O)N1CCN(CC(=O)Nc2ccccc2N2CCCC2=O)CC1. The summed E-state index contributed by atoms with van der Waals surface area (Å²) in [5.74, 6) is 0.150. The third-order valence-corrected chi connectivity index (χ3v) is 5.21. The molecule has 2 fully saturated rings. The number of para-hydroxylation sites is 2. The van der Waals surface area contributed by atoms with Gasteiger partial charge in [-0.25, -0.2) is 0 Å². The lowest BCUT2D eigenvalue weighted by molar-refractivity contribution is -0.141. The van der Waals surface area contributed by atoms with Crippen LogP contribution in [0.2, 0.25) is 0 Å². The average molecular weight is 386 g/mol. The van der Waals surface area contributed by atoms with E-state index in [0.29, 0.717) is 44.8 Å². The Labute approximate surface area is 166 Å². The van der Waals surface area contributed by atoms with Crippen LogP contribution in [0.25, 0.3) is 0 Å². The van der Waals surface area contributed by atoms with Crippen LogP contribution in [-0.2, 0) is 14.4 Å². The first-order chi connectivity index (χ1) is 13.3. The molecule has 7 heteroatoms. The third-order valence-electron chi connectivity index (χ3n) is 5.21. The number of piperazine rings is 1. The molecule has 2 heterocycles. The highest BCUT2D eigenvalue weighted by atomic mass is 16.2. The molecule has 1 aromatic rings. The zero-order chi connectivity index (χ0) is 20.3. The molecule has 1 N–H and O–H groups in total. The van der Waals surface area contributed by atoms with Gasteiger partial charge in [-0.15, -0.1) is 0 Å². The molecule has 0 radical (unpaired) electrons. The summed E-state index contributed by atoms with van der Waals surface area (Å²) in [4.78, 5) is 42.7. The molecule has 0 bridgehead atoms. The van der Waals surface area contributed by atoms with Crippen LogP contribution < -0.4 is 10.2 Å². The number of benzene rings is 1.